The summed E-state index contributed by atoms with van der Waals surface area (Å²) in [6, 6.07) is 11.2. The average Bonchev–Trinajstić information content (AvgIpc) is 3.56. The minimum absolute atomic E-state index is 0.0151. The SMILES string of the molecule is COc1ccc(S(=O)(=O)Oc2cc(CN(CC3CC3)C(=O)C3CCC3)ccc2OC)cc1. The highest BCUT2D eigenvalue weighted by Gasteiger charge is 2.33. The molecule has 7 nitrogen and oxygen atoms in total. The highest BCUT2D eigenvalue weighted by Crippen LogP contribution is 2.35. The first-order valence-electron chi connectivity index (χ1n) is 10.9. The Kier molecular flexibility index (Phi) is 6.60. The van der Waals surface area contributed by atoms with Crippen molar-refractivity contribution in [2.45, 2.75) is 43.5 Å². The largest absolute Gasteiger partial charge is 0.497 e. The van der Waals surface area contributed by atoms with Crippen LogP contribution in [0.5, 0.6) is 17.2 Å². The van der Waals surface area contributed by atoms with Crippen molar-refractivity contribution >= 4 is 16.0 Å². The van der Waals surface area contributed by atoms with Crippen molar-refractivity contribution in [2.75, 3.05) is 20.8 Å². The highest BCUT2D eigenvalue weighted by molar-refractivity contribution is 7.87. The number of hydrogen-bond acceptors (Lipinski definition) is 6. The zero-order chi connectivity index (χ0) is 22.7. The lowest BCUT2D eigenvalue weighted by atomic mass is 9.84. The minimum Gasteiger partial charge on any atom is -0.497 e. The van der Waals surface area contributed by atoms with Crippen molar-refractivity contribution in [1.29, 1.82) is 0 Å². The molecule has 0 atom stereocenters. The molecule has 0 saturated heterocycles. The van der Waals surface area contributed by atoms with E-state index in [1.807, 2.05) is 11.0 Å². The van der Waals surface area contributed by atoms with Gasteiger partial charge in [-0.3, -0.25) is 4.79 Å². The van der Waals surface area contributed by atoms with E-state index in [-0.39, 0.29) is 22.5 Å². The molecule has 172 valence electrons. The summed E-state index contributed by atoms with van der Waals surface area (Å²) in [4.78, 5) is 14.9. The standard InChI is InChI=1S/C24H29NO6S/c1-29-20-9-11-21(12-10-20)32(27,28)31-23-14-18(8-13-22(23)30-2)16-25(15-17-6-7-17)24(26)19-4-3-5-19/h8-14,17,19H,3-7,15-16H2,1-2H3. The smallest absolute Gasteiger partial charge is 0.339 e. The predicted octanol–water partition coefficient (Wildman–Crippen LogP) is 4.01. The number of methoxy groups -OCH3 is 2. The fraction of sp³-hybridized carbons (Fsp3) is 0.458. The summed E-state index contributed by atoms with van der Waals surface area (Å²) in [5, 5.41) is 0. The molecule has 0 spiro atoms. The minimum atomic E-state index is -4.07. The zero-order valence-electron chi connectivity index (χ0n) is 18.5. The molecule has 0 heterocycles. The molecule has 1 amide bonds. The van der Waals surface area contributed by atoms with Crippen LogP contribution in [0.4, 0.5) is 0 Å². The fourth-order valence-corrected chi connectivity index (χ4v) is 4.70. The first-order chi connectivity index (χ1) is 15.4. The molecule has 32 heavy (non-hydrogen) atoms. The molecule has 0 aliphatic heterocycles. The fourth-order valence-electron chi connectivity index (χ4n) is 3.77. The Morgan fingerprint density at radius 2 is 1.69 bits per heavy atom. The van der Waals surface area contributed by atoms with Gasteiger partial charge in [0.1, 0.15) is 10.6 Å². The van der Waals surface area contributed by atoms with Gasteiger partial charge >= 0.3 is 10.1 Å². The van der Waals surface area contributed by atoms with Gasteiger partial charge < -0.3 is 18.6 Å². The summed E-state index contributed by atoms with van der Waals surface area (Å²) in [7, 11) is -1.09. The maximum absolute atomic E-state index is 12.9. The predicted molar refractivity (Wildman–Crippen MR) is 119 cm³/mol. The van der Waals surface area contributed by atoms with Gasteiger partial charge in [-0.25, -0.2) is 0 Å². The zero-order valence-corrected chi connectivity index (χ0v) is 19.3. The van der Waals surface area contributed by atoms with E-state index >= 15 is 0 Å². The molecule has 0 N–H and O–H groups in total. The molecule has 2 aromatic carbocycles. The second kappa shape index (κ2) is 9.40. The van der Waals surface area contributed by atoms with Gasteiger partial charge in [-0.2, -0.15) is 8.42 Å². The monoisotopic (exact) mass is 459 g/mol. The lowest BCUT2D eigenvalue weighted by Crippen LogP contribution is -2.39. The van der Waals surface area contributed by atoms with Gasteiger partial charge in [0.05, 0.1) is 14.2 Å². The summed E-state index contributed by atoms with van der Waals surface area (Å²) in [5.41, 5.74) is 0.805. The van der Waals surface area contributed by atoms with Crippen molar-refractivity contribution < 1.29 is 26.9 Å². The van der Waals surface area contributed by atoms with Gasteiger partial charge in [0.25, 0.3) is 0 Å². The lowest BCUT2D eigenvalue weighted by Gasteiger charge is -2.32. The third kappa shape index (κ3) is 5.18. The Balaban J connectivity index is 1.55. The van der Waals surface area contributed by atoms with E-state index in [0.717, 1.165) is 44.2 Å². The first-order valence-corrected chi connectivity index (χ1v) is 12.3. The van der Waals surface area contributed by atoms with E-state index in [1.165, 1.54) is 26.4 Å². The number of hydrogen-bond donors (Lipinski definition) is 0. The summed E-state index contributed by atoms with van der Waals surface area (Å²) >= 11 is 0. The van der Waals surface area contributed by atoms with Gasteiger partial charge in [-0.1, -0.05) is 12.5 Å². The molecule has 4 rings (SSSR count). The van der Waals surface area contributed by atoms with Gasteiger partial charge in [-0.05, 0) is 73.6 Å². The summed E-state index contributed by atoms with van der Waals surface area (Å²) in [6.45, 7) is 1.18. The Hall–Kier alpha value is -2.74. The quantitative estimate of drug-likeness (QED) is 0.500. The van der Waals surface area contributed by atoms with Crippen LogP contribution < -0.4 is 13.7 Å². The molecule has 2 saturated carbocycles. The molecular formula is C24H29NO6S. The number of amides is 1. The van der Waals surface area contributed by atoms with Crippen molar-refractivity contribution in [3.8, 4) is 17.2 Å². The molecule has 0 unspecified atom stereocenters. The maximum atomic E-state index is 12.9. The number of carbonyl (C=O) groups is 1. The van der Waals surface area contributed by atoms with Gasteiger partial charge in [0.15, 0.2) is 11.5 Å². The summed E-state index contributed by atoms with van der Waals surface area (Å²) in [6.07, 6.45) is 5.34. The van der Waals surface area contributed by atoms with Crippen molar-refractivity contribution in [3.05, 3.63) is 48.0 Å². The van der Waals surface area contributed by atoms with E-state index in [2.05, 4.69) is 0 Å². The Labute approximate surface area is 189 Å². The van der Waals surface area contributed by atoms with Crippen LogP contribution in [0.25, 0.3) is 0 Å². The van der Waals surface area contributed by atoms with E-state index in [4.69, 9.17) is 13.7 Å². The number of nitrogens with zero attached hydrogens (tertiary/aromatic N) is 1. The second-order valence-electron chi connectivity index (χ2n) is 8.49. The third-order valence-corrected chi connectivity index (χ3v) is 7.34. The van der Waals surface area contributed by atoms with Crippen LogP contribution in [0.1, 0.15) is 37.7 Å². The van der Waals surface area contributed by atoms with Gasteiger partial charge in [0.2, 0.25) is 5.91 Å². The normalized spacial score (nSPS) is 16.2. The molecule has 2 fully saturated rings. The van der Waals surface area contributed by atoms with Crippen molar-refractivity contribution in [3.63, 3.8) is 0 Å². The highest BCUT2D eigenvalue weighted by atomic mass is 32.2. The van der Waals surface area contributed by atoms with E-state index < -0.39 is 10.1 Å². The number of rotatable bonds is 10. The van der Waals surface area contributed by atoms with Crippen LogP contribution in [0.3, 0.4) is 0 Å². The molecule has 2 aromatic rings. The van der Waals surface area contributed by atoms with E-state index in [1.54, 1.807) is 24.3 Å². The molecule has 8 heteroatoms. The second-order valence-corrected chi connectivity index (χ2v) is 10.0. The molecular weight excluding hydrogens is 430 g/mol. The van der Waals surface area contributed by atoms with Crippen molar-refractivity contribution in [1.82, 2.24) is 4.90 Å². The average molecular weight is 460 g/mol. The lowest BCUT2D eigenvalue weighted by molar-refractivity contribution is -0.139. The Bertz CT molecular complexity index is 1060. The molecule has 0 radical (unpaired) electrons. The first kappa shape index (κ1) is 22.5. The topological polar surface area (TPSA) is 82.1 Å². The van der Waals surface area contributed by atoms with Crippen molar-refractivity contribution in [2.24, 2.45) is 11.8 Å². The van der Waals surface area contributed by atoms with Crippen LogP contribution >= 0.6 is 0 Å². The van der Waals surface area contributed by atoms with Gasteiger partial charge in [-0.15, -0.1) is 0 Å². The number of ether oxygens (including phenoxy) is 2. The maximum Gasteiger partial charge on any atom is 0.339 e. The van der Waals surface area contributed by atoms with Crippen LogP contribution in [-0.2, 0) is 21.5 Å². The Morgan fingerprint density at radius 1 is 0.969 bits per heavy atom. The van der Waals surface area contributed by atoms with Crippen LogP contribution in [-0.4, -0.2) is 40.0 Å². The third-order valence-electron chi connectivity index (χ3n) is 6.09. The summed E-state index contributed by atoms with van der Waals surface area (Å²) in [5.74, 6) is 1.86. The van der Waals surface area contributed by atoms with Crippen LogP contribution in [0.2, 0.25) is 0 Å². The number of benzene rings is 2. The van der Waals surface area contributed by atoms with E-state index in [9.17, 15) is 13.2 Å². The van der Waals surface area contributed by atoms with Gasteiger partial charge in [0, 0.05) is 19.0 Å². The van der Waals surface area contributed by atoms with E-state index in [0.29, 0.717) is 24.0 Å². The molecule has 0 aromatic heterocycles. The Morgan fingerprint density at radius 3 is 2.25 bits per heavy atom. The van der Waals surface area contributed by atoms with Crippen LogP contribution in [0, 0.1) is 11.8 Å². The molecule has 0 bridgehead atoms. The molecule has 2 aliphatic carbocycles. The molecule has 2 aliphatic rings. The number of carbonyl (C=O) groups excluding carboxylic acids is 1. The summed E-state index contributed by atoms with van der Waals surface area (Å²) < 4.78 is 41.5. The van der Waals surface area contributed by atoms with Crippen LogP contribution in [0.15, 0.2) is 47.4 Å².